The number of fused-ring (bicyclic) bond motifs is 1. The van der Waals surface area contributed by atoms with Gasteiger partial charge in [0.05, 0.1) is 6.33 Å². The summed E-state index contributed by atoms with van der Waals surface area (Å²) in [6.45, 7) is 4.29. The lowest BCUT2D eigenvalue weighted by Gasteiger charge is -2.46. The quantitative estimate of drug-likeness (QED) is 0.792. The smallest absolute Gasteiger partial charge is 0.262 e. The average molecular weight is 366 g/mol. The number of carbonyl (C=O) groups is 1. The Bertz CT molecular complexity index is 805. The number of hydrogen-bond acceptors (Lipinski definition) is 4. The fourth-order valence-corrected chi connectivity index (χ4v) is 7.36. The summed E-state index contributed by atoms with van der Waals surface area (Å²) in [7, 11) is -1.89. The van der Waals surface area contributed by atoms with Crippen molar-refractivity contribution in [3.63, 3.8) is 0 Å². The summed E-state index contributed by atoms with van der Waals surface area (Å²) in [5.41, 5.74) is -0.174. The Morgan fingerprint density at radius 3 is 2.56 bits per heavy atom. The van der Waals surface area contributed by atoms with Crippen LogP contribution in [0.3, 0.4) is 0 Å². The van der Waals surface area contributed by atoms with Crippen LogP contribution in [0.1, 0.15) is 46.0 Å². The van der Waals surface area contributed by atoms with E-state index < -0.39 is 10.0 Å². The highest BCUT2D eigenvalue weighted by atomic mass is 32.2. The molecule has 0 unspecified atom stereocenters. The maximum Gasteiger partial charge on any atom is 0.262 e. The number of amides is 1. The van der Waals surface area contributed by atoms with Crippen LogP contribution in [0.15, 0.2) is 17.6 Å². The van der Waals surface area contributed by atoms with Gasteiger partial charge in [-0.15, -0.1) is 0 Å². The van der Waals surface area contributed by atoms with Crippen molar-refractivity contribution in [2.24, 2.45) is 12.5 Å². The highest BCUT2D eigenvalue weighted by molar-refractivity contribution is 7.89. The van der Waals surface area contributed by atoms with Gasteiger partial charge in [0.25, 0.3) is 10.0 Å². The molecule has 4 atom stereocenters. The lowest BCUT2D eigenvalue weighted by atomic mass is 9.71. The van der Waals surface area contributed by atoms with E-state index in [-0.39, 0.29) is 34.5 Å². The normalized spacial score (nSPS) is 35.6. The Kier molecular flexibility index (Phi) is 3.77. The molecule has 0 N–H and O–H groups in total. The Hall–Kier alpha value is -1.41. The predicted molar refractivity (Wildman–Crippen MR) is 92.2 cm³/mol. The van der Waals surface area contributed by atoms with Crippen LogP contribution in [-0.4, -0.2) is 57.8 Å². The van der Waals surface area contributed by atoms with Gasteiger partial charge in [-0.1, -0.05) is 19.8 Å². The minimum atomic E-state index is -3.66. The minimum Gasteiger partial charge on any atom is -0.339 e. The Balaban J connectivity index is 1.81. The molecule has 0 aromatic carbocycles. The number of aromatic nitrogens is 2. The van der Waals surface area contributed by atoms with Gasteiger partial charge in [-0.3, -0.25) is 4.79 Å². The third kappa shape index (κ3) is 2.37. The molecule has 7 nitrogen and oxygen atoms in total. The number of aryl methyl sites for hydroxylation is 1. The van der Waals surface area contributed by atoms with E-state index in [9.17, 15) is 13.2 Å². The fraction of sp³-hybridized carbons (Fsp3) is 0.765. The zero-order chi connectivity index (χ0) is 18.0. The number of carbonyl (C=O) groups excluding carboxylic acids is 1. The molecule has 25 heavy (non-hydrogen) atoms. The topological polar surface area (TPSA) is 75.5 Å². The van der Waals surface area contributed by atoms with E-state index in [1.54, 1.807) is 29.0 Å². The van der Waals surface area contributed by atoms with Crippen molar-refractivity contribution in [3.8, 4) is 0 Å². The van der Waals surface area contributed by atoms with E-state index >= 15 is 0 Å². The lowest BCUT2D eigenvalue weighted by molar-refractivity contribution is -0.136. The van der Waals surface area contributed by atoms with Crippen molar-refractivity contribution < 1.29 is 13.2 Å². The highest BCUT2D eigenvalue weighted by Crippen LogP contribution is 2.54. The van der Waals surface area contributed by atoms with Gasteiger partial charge in [-0.2, -0.15) is 4.31 Å². The van der Waals surface area contributed by atoms with Gasteiger partial charge in [0.2, 0.25) is 5.91 Å². The van der Waals surface area contributed by atoms with Crippen molar-refractivity contribution in [3.05, 3.63) is 12.5 Å². The second-order valence-corrected chi connectivity index (χ2v) is 9.85. The largest absolute Gasteiger partial charge is 0.339 e. The van der Waals surface area contributed by atoms with Crippen LogP contribution in [0, 0.1) is 5.41 Å². The summed E-state index contributed by atoms with van der Waals surface area (Å²) in [5, 5.41) is 0.112. The Morgan fingerprint density at radius 2 is 1.96 bits per heavy atom. The van der Waals surface area contributed by atoms with Crippen molar-refractivity contribution in [2.45, 2.75) is 69.1 Å². The molecule has 0 radical (unpaired) electrons. The number of hydrogen-bond donors (Lipinski definition) is 0. The summed E-state index contributed by atoms with van der Waals surface area (Å²) >= 11 is 0. The Morgan fingerprint density at radius 1 is 1.28 bits per heavy atom. The van der Waals surface area contributed by atoms with Gasteiger partial charge in [0, 0.05) is 50.3 Å². The van der Waals surface area contributed by atoms with Gasteiger partial charge in [-0.25, -0.2) is 13.4 Å². The molecule has 2 saturated heterocycles. The second kappa shape index (κ2) is 5.54. The molecule has 138 valence electrons. The van der Waals surface area contributed by atoms with Crippen LogP contribution in [-0.2, 0) is 21.9 Å². The van der Waals surface area contributed by atoms with Gasteiger partial charge in [0.15, 0.2) is 5.03 Å². The number of likely N-dealkylation sites (tertiary alicyclic amines) is 1. The lowest BCUT2D eigenvalue weighted by Crippen LogP contribution is -2.55. The summed E-state index contributed by atoms with van der Waals surface area (Å²) < 4.78 is 30.1. The summed E-state index contributed by atoms with van der Waals surface area (Å²) in [6.07, 6.45) is 7.80. The van der Waals surface area contributed by atoms with Crippen LogP contribution in [0.5, 0.6) is 0 Å². The monoisotopic (exact) mass is 366 g/mol. The fourth-order valence-electron chi connectivity index (χ4n) is 5.45. The molecule has 0 spiro atoms. The highest BCUT2D eigenvalue weighted by Gasteiger charge is 2.62. The van der Waals surface area contributed by atoms with Crippen LogP contribution in [0.4, 0.5) is 0 Å². The molecule has 3 heterocycles. The van der Waals surface area contributed by atoms with Gasteiger partial charge in [-0.05, 0) is 19.3 Å². The summed E-state index contributed by atoms with van der Waals surface area (Å²) in [5.74, 6) is 0.0543. The standard InChI is InChI=1S/C17H26N4O3S/c1-12(22)20-9-13-8-17(2)14(20)6-4-5-7-15(17)21(13)25(23,24)16-10-19(3)11-18-16/h10-11,13-15H,4-9H2,1-3H3/t13-,14+,15-,17+/m0/s1. The van der Waals surface area contributed by atoms with Gasteiger partial charge < -0.3 is 9.47 Å². The summed E-state index contributed by atoms with van der Waals surface area (Å²) in [4.78, 5) is 18.3. The average Bonchev–Trinajstić information content (AvgIpc) is 3.02. The second-order valence-electron chi connectivity index (χ2n) is 8.06. The predicted octanol–water partition coefficient (Wildman–Crippen LogP) is 1.36. The van der Waals surface area contributed by atoms with Crippen molar-refractivity contribution in [2.75, 3.05) is 6.54 Å². The molecule has 2 aliphatic heterocycles. The van der Waals surface area contributed by atoms with E-state index in [4.69, 9.17) is 0 Å². The molecule has 8 heteroatoms. The molecule has 4 rings (SSSR count). The van der Waals surface area contributed by atoms with Crippen LogP contribution in [0.25, 0.3) is 0 Å². The molecule has 1 aromatic rings. The maximum absolute atomic E-state index is 13.4. The van der Waals surface area contributed by atoms with Crippen LogP contribution in [0.2, 0.25) is 0 Å². The number of nitrogens with zero attached hydrogens (tertiary/aromatic N) is 4. The molecule has 2 bridgehead atoms. The van der Waals surface area contributed by atoms with Crippen molar-refractivity contribution in [1.82, 2.24) is 18.8 Å². The molecule has 1 aliphatic carbocycles. The van der Waals surface area contributed by atoms with Crippen molar-refractivity contribution in [1.29, 1.82) is 0 Å². The van der Waals surface area contributed by atoms with E-state index in [2.05, 4.69) is 11.9 Å². The first-order valence-corrected chi connectivity index (χ1v) is 10.5. The molecule has 3 fully saturated rings. The van der Waals surface area contributed by atoms with E-state index in [0.717, 1.165) is 32.1 Å². The van der Waals surface area contributed by atoms with Gasteiger partial charge >= 0.3 is 0 Å². The van der Waals surface area contributed by atoms with Crippen LogP contribution >= 0.6 is 0 Å². The molecule has 3 aliphatic rings. The minimum absolute atomic E-state index is 0.0543. The molecule has 1 amide bonds. The zero-order valence-corrected chi connectivity index (χ0v) is 15.9. The number of rotatable bonds is 2. The number of imidazole rings is 1. The molecular weight excluding hydrogens is 340 g/mol. The first kappa shape index (κ1) is 17.0. The van der Waals surface area contributed by atoms with Crippen LogP contribution < -0.4 is 0 Å². The third-order valence-electron chi connectivity index (χ3n) is 6.48. The number of sulfonamides is 1. The number of piperidine rings is 1. The van der Waals surface area contributed by atoms with E-state index in [1.165, 1.54) is 6.33 Å². The molecule has 1 aromatic heterocycles. The molecule has 1 saturated carbocycles. The molecular formula is C17H26N4O3S. The first-order valence-electron chi connectivity index (χ1n) is 9.04. The first-order chi connectivity index (χ1) is 11.7. The zero-order valence-electron chi connectivity index (χ0n) is 15.1. The van der Waals surface area contributed by atoms with Gasteiger partial charge in [0.1, 0.15) is 0 Å². The maximum atomic E-state index is 13.4. The Labute approximate surface area is 149 Å². The summed E-state index contributed by atoms with van der Waals surface area (Å²) in [6, 6.07) is -0.0701. The van der Waals surface area contributed by atoms with Crippen molar-refractivity contribution >= 4 is 15.9 Å². The third-order valence-corrected chi connectivity index (χ3v) is 8.33. The van der Waals surface area contributed by atoms with E-state index in [0.29, 0.717) is 6.54 Å². The van der Waals surface area contributed by atoms with E-state index in [1.807, 2.05) is 4.90 Å². The SMILES string of the molecule is CC(=O)N1C[C@@H]2C[C@@]3(C)[C@H](CCCC[C@@H]13)N2S(=O)(=O)c1cn(C)cn1.